The molecule has 0 unspecified atom stereocenters. The lowest BCUT2D eigenvalue weighted by Gasteiger charge is -2.19. The largest absolute Gasteiger partial charge is 0.493 e. The maximum atomic E-state index is 11.4. The van der Waals surface area contributed by atoms with Crippen LogP contribution >= 0.6 is 34.0 Å². The number of carbonyl (C=O) groups is 1. The van der Waals surface area contributed by atoms with Crippen LogP contribution in [0, 0.1) is 33.5 Å². The zero-order chi connectivity index (χ0) is 65.8. The molecule has 2 aliphatic heterocycles. The lowest BCUT2D eigenvalue weighted by molar-refractivity contribution is 0.0532. The first-order valence-electron chi connectivity index (χ1n) is 31.4. The molecule has 530 valence electrons. The fourth-order valence-electron chi connectivity index (χ4n) is 8.87. The molecule has 0 radical (unpaired) electrons. The average molecular weight is 1350 g/mol. The Kier molecular flexibility index (Phi) is 43.6. The van der Waals surface area contributed by atoms with Crippen molar-refractivity contribution in [3.8, 4) is 17.6 Å². The Labute approximate surface area is 594 Å². The highest BCUT2D eigenvalue weighted by Crippen LogP contribution is 2.37. The zero-order valence-corrected chi connectivity index (χ0v) is 61.4. The monoisotopic (exact) mass is 1340 g/mol. The number of aliphatic imine (C=N–C) groups is 1. The van der Waals surface area contributed by atoms with E-state index < -0.39 is 0 Å². The number of benzene rings is 3. The van der Waals surface area contributed by atoms with Crippen LogP contribution in [0.3, 0.4) is 0 Å². The van der Waals surface area contributed by atoms with Crippen molar-refractivity contribution in [1.29, 1.82) is 0 Å². The second kappa shape index (κ2) is 42.2. The number of esters is 1. The Morgan fingerprint density at radius 2 is 1.05 bits per heavy atom. The van der Waals surface area contributed by atoms with Gasteiger partial charge in [-0.2, -0.15) is 0 Å². The van der Waals surface area contributed by atoms with Crippen LogP contribution in [0.1, 0.15) is 281 Å². The van der Waals surface area contributed by atoms with Gasteiger partial charge in [0.05, 0.1) is 19.8 Å². The van der Waals surface area contributed by atoms with Gasteiger partial charge in [-0.15, -0.1) is 39.9 Å². The van der Waals surface area contributed by atoms with Crippen molar-refractivity contribution in [2.24, 2.45) is 26.7 Å². The van der Waals surface area contributed by atoms with Gasteiger partial charge in [0.15, 0.2) is 0 Å². The summed E-state index contributed by atoms with van der Waals surface area (Å²) in [5, 5.41) is 5.07. The molecule has 2 aliphatic carbocycles. The van der Waals surface area contributed by atoms with Crippen molar-refractivity contribution in [2.45, 2.75) is 273 Å². The molecule has 7 heteroatoms. The average Bonchev–Trinajstić information content (AvgIpc) is 1.66. The van der Waals surface area contributed by atoms with Gasteiger partial charge in [-0.1, -0.05) is 294 Å². The van der Waals surface area contributed by atoms with Gasteiger partial charge in [0.2, 0.25) is 0 Å². The van der Waals surface area contributed by atoms with Crippen molar-refractivity contribution in [2.75, 3.05) is 19.8 Å². The van der Waals surface area contributed by atoms with E-state index >= 15 is 0 Å². The fraction of sp³-hybridized carbons (Fsp3) is 0.540. The molecule has 3 aromatic carbocycles. The molecule has 0 amide bonds. The zero-order valence-electron chi connectivity index (χ0n) is 58.9. The SMILES string of the molecule is C.C.C.C.C.C.C.CC#CC(C)(C)C.CC(C)(C)C1=CCC=C1.CC(C)(C)C1=CCC=C1.CC(C)(C)C1=CCN=C1.CC(C)(C)c1cc2ccccc2s1.CC(C)(C)c1ccc2c(c1)CCO2.CC(C)(C)c1csc2ccccc12.CCOC(=O)c1ccc(C(C)(C)C)s1. The van der Waals surface area contributed by atoms with Gasteiger partial charge >= 0.3 is 5.97 Å². The van der Waals surface area contributed by atoms with Crippen LogP contribution in [-0.2, 0) is 32.8 Å². The predicted octanol–water partition coefficient (Wildman–Crippen LogP) is 28.9. The summed E-state index contributed by atoms with van der Waals surface area (Å²) in [6.07, 6.45) is 20.9. The van der Waals surface area contributed by atoms with Crippen LogP contribution in [0.2, 0.25) is 0 Å². The molecule has 0 saturated heterocycles. The number of thiophene rings is 3. The van der Waals surface area contributed by atoms with Crippen molar-refractivity contribution < 1.29 is 14.3 Å². The molecule has 3 aromatic heterocycles. The molecule has 0 saturated carbocycles. The summed E-state index contributed by atoms with van der Waals surface area (Å²) in [4.78, 5) is 18.9. The quantitative estimate of drug-likeness (QED) is 0.128. The predicted molar refractivity (Wildman–Crippen MR) is 438 cm³/mol. The normalized spacial score (nSPS) is 13.2. The summed E-state index contributed by atoms with van der Waals surface area (Å²) in [6.45, 7) is 58.9. The van der Waals surface area contributed by atoms with E-state index in [0.717, 1.165) is 38.2 Å². The second-order valence-corrected chi connectivity index (χ2v) is 33.8. The summed E-state index contributed by atoms with van der Waals surface area (Å²) in [5.41, 5.74) is 10.6. The Morgan fingerprint density at radius 1 is 0.543 bits per heavy atom. The van der Waals surface area contributed by atoms with Crippen LogP contribution in [0.4, 0.5) is 0 Å². The molecule has 0 atom stereocenters. The molecular formula is C87H141NO3S3. The lowest BCUT2D eigenvalue weighted by Crippen LogP contribution is -2.10. The minimum absolute atomic E-state index is 0. The summed E-state index contributed by atoms with van der Waals surface area (Å²) < 4.78 is 13.2. The molecule has 10 rings (SSSR count). The van der Waals surface area contributed by atoms with E-state index in [2.05, 4.69) is 304 Å². The first kappa shape index (κ1) is 97.2. The van der Waals surface area contributed by atoms with Crippen LogP contribution in [0.25, 0.3) is 20.2 Å². The van der Waals surface area contributed by atoms with Gasteiger partial charge in [0, 0.05) is 37.2 Å². The minimum Gasteiger partial charge on any atom is -0.493 e. The molecule has 6 aromatic rings. The van der Waals surface area contributed by atoms with E-state index in [-0.39, 0.29) is 85.0 Å². The van der Waals surface area contributed by atoms with E-state index in [0.29, 0.717) is 27.7 Å². The summed E-state index contributed by atoms with van der Waals surface area (Å²) in [6, 6.07) is 29.9. The number of hydrogen-bond donors (Lipinski definition) is 0. The minimum atomic E-state index is -0.215. The van der Waals surface area contributed by atoms with Gasteiger partial charge in [0.1, 0.15) is 10.6 Å². The Balaban J connectivity index is -0.000000320. The van der Waals surface area contributed by atoms with Gasteiger partial charge < -0.3 is 9.47 Å². The highest BCUT2D eigenvalue weighted by atomic mass is 32.1. The molecule has 0 N–H and O–H groups in total. The standard InChI is InChI=1S/C12H16O.2C12H14S.C11H16O2S.2C9H14.C8H13N.C7H12.7CH4/c1-12(2,3)10-4-5-11-9(8-10)6-7-13-11;1-12(2,3)10-8-13-11-7-5-4-6-9(10)11;1-12(2,3)11-8-9-6-4-5-7-10(9)13-11;1-5-13-10(12)8-6-7-9(14-8)11(2,3)4;2*1-9(2,3)8-6-4-5-7-8;1-8(2,3)7-4-5-9-6-7;1-5-6-7(2,3)4;;;;;;;/h4-5,8H,6-7H2,1-3H3;2*4-8H,1-3H3;6-7H,5H2,1-4H3;2*4,6-7H,5H2,1-3H3;4,6H,5H2,1-3H3;1-4H3;7*1H4. The molecule has 4 nitrogen and oxygen atoms in total. The van der Waals surface area contributed by atoms with Crippen LogP contribution in [0.15, 0.2) is 155 Å². The number of carbonyl (C=O) groups excluding carboxylic acids is 1. The maximum absolute atomic E-state index is 11.4. The Hall–Kier alpha value is -5.52. The van der Waals surface area contributed by atoms with Crippen molar-refractivity contribution >= 4 is 66.4 Å². The highest BCUT2D eigenvalue weighted by Gasteiger charge is 2.22. The molecule has 4 aliphatic rings. The van der Waals surface area contributed by atoms with Crippen molar-refractivity contribution in [3.63, 3.8) is 0 Å². The third-order valence-electron chi connectivity index (χ3n) is 14.1. The van der Waals surface area contributed by atoms with Gasteiger partial charge in [-0.3, -0.25) is 4.99 Å². The molecule has 5 heterocycles. The molecule has 0 fully saturated rings. The number of fused-ring (bicyclic) bond motifs is 3. The summed E-state index contributed by atoms with van der Waals surface area (Å²) >= 11 is 5.26. The number of nitrogens with zero attached hydrogens (tertiary/aromatic N) is 1. The first-order valence-corrected chi connectivity index (χ1v) is 34.0. The Morgan fingerprint density at radius 3 is 1.43 bits per heavy atom. The van der Waals surface area contributed by atoms with Crippen LogP contribution in [0.5, 0.6) is 5.75 Å². The van der Waals surface area contributed by atoms with E-state index in [1.807, 2.05) is 54.9 Å². The number of rotatable bonds is 2. The topological polar surface area (TPSA) is 47.9 Å². The van der Waals surface area contributed by atoms with Gasteiger partial charge in [-0.25, -0.2) is 4.79 Å². The summed E-state index contributed by atoms with van der Waals surface area (Å²) in [7, 11) is 0. The summed E-state index contributed by atoms with van der Waals surface area (Å²) in [5.74, 6) is 6.75. The van der Waals surface area contributed by atoms with Gasteiger partial charge in [-0.05, 0) is 171 Å². The number of allylic oxidation sites excluding steroid dienone is 9. The Bertz CT molecular complexity index is 3220. The van der Waals surface area contributed by atoms with Crippen LogP contribution in [-0.4, -0.2) is 31.9 Å². The van der Waals surface area contributed by atoms with E-state index in [4.69, 9.17) is 9.47 Å². The highest BCUT2D eigenvalue weighted by molar-refractivity contribution is 7.19. The molecule has 0 spiro atoms. The van der Waals surface area contributed by atoms with E-state index in [9.17, 15) is 4.79 Å². The van der Waals surface area contributed by atoms with Crippen LogP contribution < -0.4 is 4.74 Å². The second-order valence-electron chi connectivity index (χ2n) is 30.7. The lowest BCUT2D eigenvalue weighted by atomic mass is 9.86. The van der Waals surface area contributed by atoms with E-state index in [1.54, 1.807) is 0 Å². The fourth-order valence-corrected chi connectivity index (χ4v) is 12.1. The number of hydrogen-bond acceptors (Lipinski definition) is 7. The van der Waals surface area contributed by atoms with Crippen molar-refractivity contribution in [1.82, 2.24) is 0 Å². The van der Waals surface area contributed by atoms with E-state index in [1.165, 1.54) is 74.7 Å². The molecule has 94 heavy (non-hydrogen) atoms. The van der Waals surface area contributed by atoms with Gasteiger partial charge in [0.25, 0.3) is 0 Å². The third kappa shape index (κ3) is 34.4. The maximum Gasteiger partial charge on any atom is 0.348 e. The third-order valence-corrected chi connectivity index (χ3v) is 18.1. The molecular weight excluding hydrogens is 1200 g/mol. The number of ether oxygens (including phenoxy) is 2. The first-order chi connectivity index (χ1) is 40.1. The molecule has 0 bridgehead atoms. The van der Waals surface area contributed by atoms with Crippen molar-refractivity contribution in [3.05, 3.63) is 181 Å². The smallest absolute Gasteiger partial charge is 0.348 e.